The average Bonchev–Trinajstić information content (AvgIpc) is 2.33. The Hall–Kier alpha value is -0.580. The number of hydrogen-bond acceptors (Lipinski definition) is 3. The van der Waals surface area contributed by atoms with E-state index in [9.17, 15) is 5.11 Å². The SMILES string of the molecule is C[C@H](O)c1ccc(Br)cc1OCCCCCCO. The van der Waals surface area contributed by atoms with Gasteiger partial charge in [-0.1, -0.05) is 28.4 Å². The minimum Gasteiger partial charge on any atom is -0.493 e. The fourth-order valence-corrected chi connectivity index (χ4v) is 2.07. The van der Waals surface area contributed by atoms with E-state index >= 15 is 0 Å². The van der Waals surface area contributed by atoms with E-state index in [0.717, 1.165) is 41.5 Å². The van der Waals surface area contributed by atoms with Gasteiger partial charge in [-0.15, -0.1) is 0 Å². The third-order valence-electron chi connectivity index (χ3n) is 2.74. The monoisotopic (exact) mass is 316 g/mol. The number of unbranched alkanes of at least 4 members (excludes halogenated alkanes) is 3. The van der Waals surface area contributed by atoms with Gasteiger partial charge in [0.1, 0.15) is 5.75 Å². The number of aliphatic hydroxyl groups excluding tert-OH is 2. The third kappa shape index (κ3) is 5.38. The second kappa shape index (κ2) is 8.51. The number of ether oxygens (including phenoxy) is 1. The molecule has 0 aromatic heterocycles. The Morgan fingerprint density at radius 3 is 2.61 bits per heavy atom. The van der Waals surface area contributed by atoms with E-state index in [0.29, 0.717) is 6.61 Å². The summed E-state index contributed by atoms with van der Waals surface area (Å²) >= 11 is 3.40. The molecule has 0 amide bonds. The third-order valence-corrected chi connectivity index (χ3v) is 3.23. The molecule has 0 aliphatic carbocycles. The highest BCUT2D eigenvalue weighted by Gasteiger charge is 2.09. The molecule has 4 heteroatoms. The molecule has 2 N–H and O–H groups in total. The van der Waals surface area contributed by atoms with Gasteiger partial charge in [0.2, 0.25) is 0 Å². The molecular weight excluding hydrogens is 296 g/mol. The zero-order valence-electron chi connectivity index (χ0n) is 10.7. The molecule has 0 saturated heterocycles. The van der Waals surface area contributed by atoms with Crippen LogP contribution in [0.5, 0.6) is 5.75 Å². The molecule has 3 nitrogen and oxygen atoms in total. The molecule has 0 aliphatic rings. The van der Waals surface area contributed by atoms with Crippen LogP contribution >= 0.6 is 15.9 Å². The van der Waals surface area contributed by atoms with Crippen molar-refractivity contribution in [3.05, 3.63) is 28.2 Å². The Balaban J connectivity index is 2.43. The zero-order valence-corrected chi connectivity index (χ0v) is 12.3. The largest absolute Gasteiger partial charge is 0.493 e. The first kappa shape index (κ1) is 15.5. The van der Waals surface area contributed by atoms with E-state index in [-0.39, 0.29) is 6.61 Å². The van der Waals surface area contributed by atoms with Crippen LogP contribution in [0.25, 0.3) is 0 Å². The van der Waals surface area contributed by atoms with Crippen molar-refractivity contribution in [2.24, 2.45) is 0 Å². The number of aliphatic hydroxyl groups is 2. The molecule has 1 aromatic rings. The second-order valence-electron chi connectivity index (χ2n) is 4.34. The van der Waals surface area contributed by atoms with Gasteiger partial charge < -0.3 is 14.9 Å². The predicted molar refractivity (Wildman–Crippen MR) is 75.8 cm³/mol. The molecular formula is C14H21BrO3. The predicted octanol–water partition coefficient (Wildman–Crippen LogP) is 3.43. The number of halogens is 1. The van der Waals surface area contributed by atoms with Crippen LogP contribution in [0.1, 0.15) is 44.3 Å². The number of hydrogen-bond donors (Lipinski definition) is 2. The molecule has 0 fully saturated rings. The van der Waals surface area contributed by atoms with Crippen LogP contribution in [0, 0.1) is 0 Å². The highest BCUT2D eigenvalue weighted by atomic mass is 79.9. The van der Waals surface area contributed by atoms with Crippen LogP contribution in [0.15, 0.2) is 22.7 Å². The summed E-state index contributed by atoms with van der Waals surface area (Å²) < 4.78 is 6.65. The summed E-state index contributed by atoms with van der Waals surface area (Å²) in [5.74, 6) is 0.738. The second-order valence-corrected chi connectivity index (χ2v) is 5.26. The van der Waals surface area contributed by atoms with Crippen LogP contribution in [0.4, 0.5) is 0 Å². The van der Waals surface area contributed by atoms with E-state index < -0.39 is 6.10 Å². The molecule has 0 spiro atoms. The molecule has 0 heterocycles. The maximum absolute atomic E-state index is 9.65. The lowest BCUT2D eigenvalue weighted by Crippen LogP contribution is -2.02. The highest BCUT2D eigenvalue weighted by Crippen LogP contribution is 2.28. The molecule has 0 bridgehead atoms. The summed E-state index contributed by atoms with van der Waals surface area (Å²) in [4.78, 5) is 0. The molecule has 0 saturated carbocycles. The van der Waals surface area contributed by atoms with Crippen LogP contribution in [-0.4, -0.2) is 23.4 Å². The van der Waals surface area contributed by atoms with Crippen molar-refractivity contribution in [3.8, 4) is 5.75 Å². The van der Waals surface area contributed by atoms with Gasteiger partial charge in [-0.2, -0.15) is 0 Å². The molecule has 1 atom stereocenters. The normalized spacial score (nSPS) is 12.4. The Labute approximate surface area is 117 Å². The summed E-state index contributed by atoms with van der Waals surface area (Å²) in [5.41, 5.74) is 0.813. The van der Waals surface area contributed by atoms with E-state index in [1.165, 1.54) is 0 Å². The topological polar surface area (TPSA) is 49.7 Å². The maximum Gasteiger partial charge on any atom is 0.126 e. The summed E-state index contributed by atoms with van der Waals surface area (Å²) in [6.07, 6.45) is 3.38. The number of benzene rings is 1. The van der Waals surface area contributed by atoms with E-state index in [1.807, 2.05) is 18.2 Å². The quantitative estimate of drug-likeness (QED) is 0.722. The lowest BCUT2D eigenvalue weighted by molar-refractivity contribution is 0.190. The van der Waals surface area contributed by atoms with E-state index in [1.54, 1.807) is 6.92 Å². The lowest BCUT2D eigenvalue weighted by Gasteiger charge is -2.13. The van der Waals surface area contributed by atoms with Crippen molar-refractivity contribution < 1.29 is 14.9 Å². The lowest BCUT2D eigenvalue weighted by atomic mass is 10.1. The van der Waals surface area contributed by atoms with Crippen LogP contribution in [0.3, 0.4) is 0 Å². The van der Waals surface area contributed by atoms with E-state index in [4.69, 9.17) is 9.84 Å². The van der Waals surface area contributed by atoms with Crippen molar-refractivity contribution in [1.29, 1.82) is 0 Å². The average molecular weight is 317 g/mol. The van der Waals surface area contributed by atoms with Crippen molar-refractivity contribution >= 4 is 15.9 Å². The van der Waals surface area contributed by atoms with Crippen molar-refractivity contribution in [1.82, 2.24) is 0 Å². The Kier molecular flexibility index (Phi) is 7.32. The Bertz CT molecular complexity index is 353. The van der Waals surface area contributed by atoms with Crippen LogP contribution in [-0.2, 0) is 0 Å². The fourth-order valence-electron chi connectivity index (χ4n) is 1.73. The molecule has 102 valence electrons. The molecule has 0 unspecified atom stereocenters. The Morgan fingerprint density at radius 2 is 1.94 bits per heavy atom. The highest BCUT2D eigenvalue weighted by molar-refractivity contribution is 9.10. The van der Waals surface area contributed by atoms with Gasteiger partial charge in [-0.25, -0.2) is 0 Å². The Morgan fingerprint density at radius 1 is 1.22 bits per heavy atom. The summed E-state index contributed by atoms with van der Waals surface area (Å²) in [6, 6.07) is 5.65. The van der Waals surface area contributed by atoms with Gasteiger partial charge in [-0.3, -0.25) is 0 Å². The smallest absolute Gasteiger partial charge is 0.126 e. The minimum absolute atomic E-state index is 0.263. The van der Waals surface area contributed by atoms with Gasteiger partial charge >= 0.3 is 0 Å². The maximum atomic E-state index is 9.65. The standard InChI is InChI=1S/C14H21BrO3/c1-11(17)13-7-6-12(15)10-14(13)18-9-5-3-2-4-8-16/h6-7,10-11,16-17H,2-5,8-9H2,1H3/t11-/m0/s1. The first-order valence-corrected chi connectivity index (χ1v) is 7.15. The molecule has 0 aliphatic heterocycles. The van der Waals surface area contributed by atoms with Gasteiger partial charge in [-0.05, 0) is 38.3 Å². The fraction of sp³-hybridized carbons (Fsp3) is 0.571. The molecule has 18 heavy (non-hydrogen) atoms. The van der Waals surface area contributed by atoms with Crippen molar-refractivity contribution in [2.75, 3.05) is 13.2 Å². The van der Waals surface area contributed by atoms with Gasteiger partial charge in [0.25, 0.3) is 0 Å². The van der Waals surface area contributed by atoms with Gasteiger partial charge in [0.05, 0.1) is 12.7 Å². The zero-order chi connectivity index (χ0) is 13.4. The first-order valence-electron chi connectivity index (χ1n) is 6.36. The molecule has 1 aromatic carbocycles. The van der Waals surface area contributed by atoms with E-state index in [2.05, 4.69) is 15.9 Å². The van der Waals surface area contributed by atoms with Crippen molar-refractivity contribution in [2.45, 2.75) is 38.7 Å². The molecule has 0 radical (unpaired) electrons. The minimum atomic E-state index is -0.525. The number of rotatable bonds is 8. The van der Waals surface area contributed by atoms with Crippen LogP contribution < -0.4 is 4.74 Å². The summed E-state index contributed by atoms with van der Waals surface area (Å²) in [6.45, 7) is 2.64. The summed E-state index contributed by atoms with van der Waals surface area (Å²) in [7, 11) is 0. The summed E-state index contributed by atoms with van der Waals surface area (Å²) in [5, 5.41) is 18.3. The molecule has 1 rings (SSSR count). The van der Waals surface area contributed by atoms with Crippen molar-refractivity contribution in [3.63, 3.8) is 0 Å². The first-order chi connectivity index (χ1) is 8.65. The van der Waals surface area contributed by atoms with Crippen LogP contribution in [0.2, 0.25) is 0 Å². The van der Waals surface area contributed by atoms with Gasteiger partial charge in [0, 0.05) is 16.6 Å². The van der Waals surface area contributed by atoms with Gasteiger partial charge in [0.15, 0.2) is 0 Å².